The van der Waals surface area contributed by atoms with Gasteiger partial charge in [-0.3, -0.25) is 9.59 Å². The molecule has 0 spiro atoms. The maximum absolute atomic E-state index is 12.7. The average molecular weight is 1560 g/mol. The molecule has 0 aromatic rings. The Morgan fingerprint density at radius 2 is 0.441 bits per heavy atom. The van der Waals surface area contributed by atoms with Gasteiger partial charge in [0.15, 0.2) is 99.8 Å². The Morgan fingerprint density at radius 3 is 0.645 bits per heavy atom. The van der Waals surface area contributed by atoms with Gasteiger partial charge in [-0.2, -0.15) is 0 Å². The van der Waals surface area contributed by atoms with Gasteiger partial charge in [0.1, 0.15) is 0 Å². The first-order valence-corrected chi connectivity index (χ1v) is 79.3. The number of carbonyl (C=O) groups is 2. The third-order valence-corrected chi connectivity index (χ3v) is 52.9. The van der Waals surface area contributed by atoms with E-state index in [2.05, 4.69) is 203 Å². The highest BCUT2D eigenvalue weighted by Crippen LogP contribution is 2.37. The van der Waals surface area contributed by atoms with E-state index in [0.29, 0.717) is 31.7 Å². The van der Waals surface area contributed by atoms with Crippen molar-refractivity contribution in [3.8, 4) is 0 Å². The number of rotatable bonds is 55. The van der Waals surface area contributed by atoms with Crippen LogP contribution in [0.5, 0.6) is 0 Å². The molecular formula is C63H154O16Si14. The van der Waals surface area contributed by atoms with Gasteiger partial charge >= 0.3 is 29.5 Å². The summed E-state index contributed by atoms with van der Waals surface area (Å²) < 4.78 is 92.1. The van der Waals surface area contributed by atoms with E-state index in [-0.39, 0.29) is 25.2 Å². The maximum atomic E-state index is 12.7. The summed E-state index contributed by atoms with van der Waals surface area (Å²) >= 11 is 0. The van der Waals surface area contributed by atoms with Crippen molar-refractivity contribution in [1.82, 2.24) is 0 Å². The third-order valence-electron chi connectivity index (χ3n) is 14.3. The molecule has 0 amide bonds. The molecule has 0 saturated carbocycles. The summed E-state index contributed by atoms with van der Waals surface area (Å²) in [5, 5.41) is 0. The van der Waals surface area contributed by atoms with E-state index in [1.165, 1.54) is 0 Å². The van der Waals surface area contributed by atoms with E-state index in [4.69, 9.17) is 60.7 Å². The predicted octanol–water partition coefficient (Wildman–Crippen LogP) is 20.5. The summed E-state index contributed by atoms with van der Waals surface area (Å²) in [4.78, 5) is 24.3. The Kier molecular flexibility index (Phi) is 45.9. The van der Waals surface area contributed by atoms with Crippen LogP contribution in [-0.2, 0) is 70.3 Å². The van der Waals surface area contributed by atoms with Gasteiger partial charge in [-0.05, 0) is 290 Å². The van der Waals surface area contributed by atoms with Crippen molar-refractivity contribution in [3.05, 3.63) is 0 Å². The highest BCUT2D eigenvalue weighted by Gasteiger charge is 2.54. The minimum atomic E-state index is -3.23. The molecule has 0 N–H and O–H groups in total. The number of hydrogen-bond donors (Lipinski definition) is 0. The van der Waals surface area contributed by atoms with Crippen molar-refractivity contribution in [2.24, 2.45) is 0 Å². The lowest BCUT2D eigenvalue weighted by molar-refractivity contribution is -0.146. The van der Waals surface area contributed by atoms with Gasteiger partial charge in [-0.25, -0.2) is 0 Å². The topological polar surface area (TPSA) is 163 Å². The van der Waals surface area contributed by atoms with E-state index >= 15 is 0 Å². The number of carbonyl (C=O) groups excluding carboxylic acids is 2. The molecule has 558 valence electrons. The van der Waals surface area contributed by atoms with Crippen LogP contribution in [-0.4, -0.2) is 182 Å². The molecule has 0 radical (unpaired) electrons. The summed E-state index contributed by atoms with van der Waals surface area (Å²) in [6, 6.07) is 7.70. The summed E-state index contributed by atoms with van der Waals surface area (Å²) in [7, 11) is -28.3. The van der Waals surface area contributed by atoms with Crippen LogP contribution < -0.4 is 0 Å². The normalized spacial score (nSPS) is 14.2. The van der Waals surface area contributed by atoms with Crippen LogP contribution in [0.15, 0.2) is 0 Å². The zero-order valence-corrected chi connectivity index (χ0v) is 81.0. The molecule has 0 unspecified atom stereocenters. The van der Waals surface area contributed by atoms with Gasteiger partial charge < -0.3 is 60.7 Å². The van der Waals surface area contributed by atoms with Crippen LogP contribution in [0.1, 0.15) is 97.3 Å². The predicted molar refractivity (Wildman–Crippen MR) is 430 cm³/mol. The lowest BCUT2D eigenvalue weighted by Crippen LogP contribution is -2.62. The minimum Gasteiger partial charge on any atom is -0.466 e. The molecule has 16 nitrogen and oxygen atoms in total. The molecule has 0 aliphatic rings. The molecule has 0 heterocycles. The van der Waals surface area contributed by atoms with Gasteiger partial charge in [-0.1, -0.05) is 20.3 Å². The molecule has 0 fully saturated rings. The van der Waals surface area contributed by atoms with Gasteiger partial charge in [-0.15, -0.1) is 0 Å². The molecule has 0 atom stereocenters. The average Bonchev–Trinajstić information content (AvgIpc) is 0.802. The van der Waals surface area contributed by atoms with Crippen LogP contribution in [0.2, 0.25) is 245 Å². The fourth-order valence-electron chi connectivity index (χ4n) is 10.2. The van der Waals surface area contributed by atoms with Crippen LogP contribution in [0, 0.1) is 0 Å². The lowest BCUT2D eigenvalue weighted by atomic mass is 10.2. The smallest absolute Gasteiger partial charge is 0.466 e. The van der Waals surface area contributed by atoms with Gasteiger partial charge in [0.05, 0.1) is 13.2 Å². The van der Waals surface area contributed by atoms with Gasteiger partial charge in [0.25, 0.3) is 0 Å². The lowest BCUT2D eigenvalue weighted by Gasteiger charge is -2.45. The molecule has 0 rings (SSSR count). The second kappa shape index (κ2) is 44.2. The van der Waals surface area contributed by atoms with Crippen molar-refractivity contribution in [2.75, 3.05) is 52.9 Å². The molecule has 0 bridgehead atoms. The van der Waals surface area contributed by atoms with Crippen molar-refractivity contribution >= 4 is 129 Å². The summed E-state index contributed by atoms with van der Waals surface area (Å²) in [5.74, 6) is -0.437. The Balaban J connectivity index is 0. The second-order valence-electron chi connectivity index (χ2n) is 35.4. The molecule has 30 heteroatoms. The molecule has 0 aromatic carbocycles. The standard InChI is InChI=1S/C36H84O10Si7.C27H70O6Si7/c1-17-24-35(37)39-26-20-27-40-36(38)25-18-19-34-53(44-50(11,12)31-21-28-41-47(2,3)4,45-51(13,14)32-22-29-42-48(5,6)7)46-52(15,16)33-23-30-43-49(8,9)10;1-17-24-40(31-37(11,12)25-18-21-28-34(2,3)4,32-38(13,14)26-19-22-29-35(5,6)7)33-39(15,16)27-20-23-30-36(8,9)10/h17-34H2,1-16H3;17-27H2,1-16H3. The molecule has 0 aromatic heterocycles. The van der Waals surface area contributed by atoms with Crippen LogP contribution >= 0.6 is 0 Å². The number of ether oxygens (including phenoxy) is 2. The van der Waals surface area contributed by atoms with E-state index in [1.807, 2.05) is 6.92 Å². The van der Waals surface area contributed by atoms with E-state index in [9.17, 15) is 9.59 Å². The fourth-order valence-corrected chi connectivity index (χ4v) is 50.4. The third kappa shape index (κ3) is 59.7. The maximum Gasteiger partial charge on any atom is 0.469 e. The Labute approximate surface area is 590 Å². The van der Waals surface area contributed by atoms with E-state index < -0.39 is 117 Å². The highest BCUT2D eigenvalue weighted by molar-refractivity contribution is 6.92. The SMILES string of the molecule is CCCC(=O)OCCCOC(=O)CCCC[Si](O[Si](C)(C)CCCO[Si](C)(C)C)(O[Si](C)(C)CCCO[Si](C)(C)C)O[Si](C)(C)CCCO[Si](C)(C)C.CCC[Si](O[Si](C)(C)CCCO[Si](C)(C)C)(O[Si](C)(C)CCCO[Si](C)(C)C)O[Si](C)(C)CCCO[Si](C)(C)C. The number of hydrogen-bond acceptors (Lipinski definition) is 16. The van der Waals surface area contributed by atoms with Crippen molar-refractivity contribution in [1.29, 1.82) is 0 Å². The second-order valence-corrected chi connectivity index (χ2v) is 95.3. The largest absolute Gasteiger partial charge is 0.469 e. The summed E-state index contributed by atoms with van der Waals surface area (Å²) in [5.41, 5.74) is 0. The zero-order valence-electron chi connectivity index (χ0n) is 67.0. The first kappa shape index (κ1) is 96.6. The van der Waals surface area contributed by atoms with Crippen molar-refractivity contribution in [3.63, 3.8) is 0 Å². The van der Waals surface area contributed by atoms with Crippen molar-refractivity contribution in [2.45, 2.75) is 342 Å². The molecule has 0 saturated heterocycles. The van der Waals surface area contributed by atoms with Crippen LogP contribution in [0.25, 0.3) is 0 Å². The number of esters is 2. The van der Waals surface area contributed by atoms with E-state index in [1.54, 1.807) is 0 Å². The monoisotopic (exact) mass is 1560 g/mol. The van der Waals surface area contributed by atoms with Crippen LogP contribution in [0.3, 0.4) is 0 Å². The molecule has 0 aliphatic carbocycles. The quantitative estimate of drug-likeness (QED) is 0.0321. The first-order valence-electron chi connectivity index (χ1n) is 36.2. The van der Waals surface area contributed by atoms with Gasteiger partial charge in [0.2, 0.25) is 0 Å². The number of unbranched alkanes of at least 4 members (excludes halogenated alkanes) is 1. The molecule has 93 heavy (non-hydrogen) atoms. The Hall–Kier alpha value is 1.50. The zero-order chi connectivity index (χ0) is 72.6. The first-order chi connectivity index (χ1) is 41.9. The fraction of sp³-hybridized carbons (Fsp3) is 0.968. The molecular weight excluding hydrogens is 1410 g/mol. The highest BCUT2D eigenvalue weighted by atomic mass is 28.5. The van der Waals surface area contributed by atoms with Crippen LogP contribution in [0.4, 0.5) is 0 Å². The summed E-state index contributed by atoms with van der Waals surface area (Å²) in [6.45, 7) is 77.9. The summed E-state index contributed by atoms with van der Waals surface area (Å²) in [6.07, 6.45) is 10.4. The Bertz CT molecular complexity index is 1820. The van der Waals surface area contributed by atoms with Gasteiger partial charge in [0, 0.05) is 71.0 Å². The van der Waals surface area contributed by atoms with E-state index in [0.717, 1.165) is 140 Å². The van der Waals surface area contributed by atoms with Crippen molar-refractivity contribution < 1.29 is 70.3 Å². The minimum absolute atomic E-state index is 0.207. The Morgan fingerprint density at radius 1 is 0.226 bits per heavy atom. The molecule has 0 aliphatic heterocycles.